The summed E-state index contributed by atoms with van der Waals surface area (Å²) in [7, 11) is 0. The molecular formula is C23H16ClFN4O2S2. The number of anilines is 2. The zero-order valence-corrected chi connectivity index (χ0v) is 19.3. The van der Waals surface area contributed by atoms with Crippen LogP contribution in [-0.2, 0) is 5.75 Å². The van der Waals surface area contributed by atoms with Gasteiger partial charge in [0.2, 0.25) is 5.13 Å². The fourth-order valence-corrected chi connectivity index (χ4v) is 4.71. The van der Waals surface area contributed by atoms with Crippen LogP contribution in [0.25, 0.3) is 0 Å². The van der Waals surface area contributed by atoms with Crippen LogP contribution in [0.1, 0.15) is 26.3 Å². The Morgan fingerprint density at radius 1 is 0.909 bits per heavy atom. The molecule has 0 saturated carbocycles. The van der Waals surface area contributed by atoms with E-state index >= 15 is 0 Å². The van der Waals surface area contributed by atoms with Crippen LogP contribution in [0.5, 0.6) is 0 Å². The lowest BCUT2D eigenvalue weighted by Crippen LogP contribution is -2.12. The van der Waals surface area contributed by atoms with Crippen LogP contribution >= 0.6 is 34.7 Å². The van der Waals surface area contributed by atoms with E-state index in [1.54, 1.807) is 48.5 Å². The summed E-state index contributed by atoms with van der Waals surface area (Å²) in [6.07, 6.45) is 0. The molecule has 10 heteroatoms. The number of nitrogens with one attached hydrogen (secondary N) is 2. The second-order valence-electron chi connectivity index (χ2n) is 6.73. The van der Waals surface area contributed by atoms with E-state index < -0.39 is 5.82 Å². The summed E-state index contributed by atoms with van der Waals surface area (Å²) < 4.78 is 14.4. The van der Waals surface area contributed by atoms with Gasteiger partial charge in [-0.1, -0.05) is 71.1 Å². The third kappa shape index (κ3) is 5.95. The largest absolute Gasteiger partial charge is 0.319 e. The van der Waals surface area contributed by atoms with Crippen LogP contribution < -0.4 is 10.6 Å². The standard InChI is InChI=1S/C23H16ClFN4O2S2/c24-17-6-2-1-5-16(17)21(31)27-22-28-29-23(33-22)32-13-14-9-11-15(12-10-14)20(30)26-19-8-4-3-7-18(19)25/h1-12H,13H2,(H,26,30)(H,27,28,31). The molecular weight excluding hydrogens is 483 g/mol. The maximum absolute atomic E-state index is 13.7. The van der Waals surface area contributed by atoms with Crippen molar-refractivity contribution in [2.45, 2.75) is 10.1 Å². The Hall–Kier alpha value is -3.27. The second kappa shape index (κ2) is 10.6. The lowest BCUT2D eigenvalue weighted by molar-refractivity contribution is 0.101. The first-order valence-corrected chi connectivity index (χ1v) is 11.8. The minimum absolute atomic E-state index is 0.135. The molecule has 2 amide bonds. The number of benzene rings is 3. The Bertz CT molecular complexity index is 1300. The number of amides is 2. The predicted octanol–water partition coefficient (Wildman–Crippen LogP) is 6.13. The van der Waals surface area contributed by atoms with Crippen molar-refractivity contribution in [3.8, 4) is 0 Å². The summed E-state index contributed by atoms with van der Waals surface area (Å²) in [5.41, 5.74) is 1.89. The summed E-state index contributed by atoms with van der Waals surface area (Å²) in [5, 5.41) is 14.1. The molecule has 0 bridgehead atoms. The first-order valence-electron chi connectivity index (χ1n) is 9.66. The molecule has 0 radical (unpaired) electrons. The summed E-state index contributed by atoms with van der Waals surface area (Å²) in [5.74, 6) is -0.624. The molecule has 0 fully saturated rings. The zero-order chi connectivity index (χ0) is 23.2. The van der Waals surface area contributed by atoms with Gasteiger partial charge in [-0.2, -0.15) is 0 Å². The van der Waals surface area contributed by atoms with Gasteiger partial charge in [0.15, 0.2) is 4.34 Å². The van der Waals surface area contributed by atoms with Crippen molar-refractivity contribution in [2.24, 2.45) is 0 Å². The number of thioether (sulfide) groups is 1. The van der Waals surface area contributed by atoms with E-state index in [-0.39, 0.29) is 17.5 Å². The maximum Gasteiger partial charge on any atom is 0.259 e. The van der Waals surface area contributed by atoms with Gasteiger partial charge in [-0.15, -0.1) is 10.2 Å². The highest BCUT2D eigenvalue weighted by Crippen LogP contribution is 2.29. The summed E-state index contributed by atoms with van der Waals surface area (Å²) in [6, 6.07) is 19.8. The van der Waals surface area contributed by atoms with Gasteiger partial charge in [-0.3, -0.25) is 14.9 Å². The van der Waals surface area contributed by atoms with E-state index in [4.69, 9.17) is 11.6 Å². The molecule has 6 nitrogen and oxygen atoms in total. The number of aromatic nitrogens is 2. The Kier molecular flexibility index (Phi) is 7.33. The monoisotopic (exact) mass is 498 g/mol. The van der Waals surface area contributed by atoms with Crippen LogP contribution in [0.4, 0.5) is 15.2 Å². The van der Waals surface area contributed by atoms with Gasteiger partial charge in [0.05, 0.1) is 16.3 Å². The molecule has 166 valence electrons. The number of hydrogen-bond donors (Lipinski definition) is 2. The van der Waals surface area contributed by atoms with Gasteiger partial charge >= 0.3 is 0 Å². The molecule has 2 N–H and O–H groups in total. The van der Waals surface area contributed by atoms with Crippen molar-refractivity contribution in [3.63, 3.8) is 0 Å². The van der Waals surface area contributed by atoms with Crippen LogP contribution in [0, 0.1) is 5.82 Å². The number of nitrogens with zero attached hydrogens (tertiary/aromatic N) is 2. The minimum Gasteiger partial charge on any atom is -0.319 e. The summed E-state index contributed by atoms with van der Waals surface area (Å²) in [4.78, 5) is 24.7. The Balaban J connectivity index is 1.31. The zero-order valence-electron chi connectivity index (χ0n) is 16.9. The second-order valence-corrected chi connectivity index (χ2v) is 9.33. The molecule has 0 aliphatic rings. The predicted molar refractivity (Wildman–Crippen MR) is 130 cm³/mol. The molecule has 4 aromatic rings. The van der Waals surface area contributed by atoms with E-state index in [2.05, 4.69) is 20.8 Å². The normalized spacial score (nSPS) is 10.6. The lowest BCUT2D eigenvalue weighted by Gasteiger charge is -2.07. The van der Waals surface area contributed by atoms with Crippen LogP contribution in [0.2, 0.25) is 5.02 Å². The molecule has 3 aromatic carbocycles. The van der Waals surface area contributed by atoms with Gasteiger partial charge in [-0.25, -0.2) is 4.39 Å². The van der Waals surface area contributed by atoms with Gasteiger partial charge < -0.3 is 5.32 Å². The fourth-order valence-electron chi connectivity index (χ4n) is 2.78. The maximum atomic E-state index is 13.7. The van der Waals surface area contributed by atoms with Crippen molar-refractivity contribution in [2.75, 3.05) is 10.6 Å². The molecule has 33 heavy (non-hydrogen) atoms. The number of carbonyl (C=O) groups excluding carboxylic acids is 2. The molecule has 1 heterocycles. The molecule has 1 aromatic heterocycles. The van der Waals surface area contributed by atoms with E-state index in [0.717, 1.165) is 5.56 Å². The summed E-state index contributed by atoms with van der Waals surface area (Å²) in [6.45, 7) is 0. The van der Waals surface area contributed by atoms with Crippen LogP contribution in [-0.4, -0.2) is 22.0 Å². The highest BCUT2D eigenvalue weighted by Gasteiger charge is 2.13. The highest BCUT2D eigenvalue weighted by atomic mass is 35.5. The molecule has 0 saturated heterocycles. The number of carbonyl (C=O) groups is 2. The van der Waals surface area contributed by atoms with Gasteiger partial charge in [-0.05, 0) is 42.0 Å². The SMILES string of the molecule is O=C(Nc1ccccc1F)c1ccc(CSc2nnc(NC(=O)c3ccccc3Cl)s2)cc1. The van der Waals surface area contributed by atoms with Crippen molar-refractivity contribution in [1.29, 1.82) is 0 Å². The van der Waals surface area contributed by atoms with E-state index in [0.29, 0.717) is 31.4 Å². The number of hydrogen-bond acceptors (Lipinski definition) is 6. The van der Waals surface area contributed by atoms with Crippen LogP contribution in [0.3, 0.4) is 0 Å². The molecule has 0 atom stereocenters. The molecule has 4 rings (SSSR count). The van der Waals surface area contributed by atoms with Crippen molar-refractivity contribution in [1.82, 2.24) is 10.2 Å². The van der Waals surface area contributed by atoms with E-state index in [9.17, 15) is 14.0 Å². The first kappa shape index (κ1) is 22.9. The third-order valence-corrected chi connectivity index (χ3v) is 6.82. The van der Waals surface area contributed by atoms with Crippen LogP contribution in [0.15, 0.2) is 77.1 Å². The van der Waals surface area contributed by atoms with Gasteiger partial charge in [0, 0.05) is 11.3 Å². The first-order chi connectivity index (χ1) is 16.0. The van der Waals surface area contributed by atoms with Gasteiger partial charge in [0.1, 0.15) is 5.82 Å². The average molecular weight is 499 g/mol. The average Bonchev–Trinajstić information content (AvgIpc) is 3.27. The summed E-state index contributed by atoms with van der Waals surface area (Å²) >= 11 is 8.76. The van der Waals surface area contributed by atoms with Gasteiger partial charge in [0.25, 0.3) is 11.8 Å². The van der Waals surface area contributed by atoms with Crippen molar-refractivity contribution >= 4 is 57.3 Å². The lowest BCUT2D eigenvalue weighted by atomic mass is 10.1. The molecule has 0 aliphatic heterocycles. The quantitative estimate of drug-likeness (QED) is 0.236. The third-order valence-electron chi connectivity index (χ3n) is 4.45. The Morgan fingerprint density at radius 2 is 1.64 bits per heavy atom. The number of rotatable bonds is 7. The number of halogens is 2. The van der Waals surface area contributed by atoms with E-state index in [1.165, 1.54) is 35.2 Å². The Labute approximate surface area is 202 Å². The molecule has 0 spiro atoms. The fraction of sp³-hybridized carbons (Fsp3) is 0.0435. The smallest absolute Gasteiger partial charge is 0.259 e. The topological polar surface area (TPSA) is 84.0 Å². The molecule has 0 unspecified atom stereocenters. The molecule has 0 aliphatic carbocycles. The number of para-hydroxylation sites is 1. The Morgan fingerprint density at radius 3 is 2.39 bits per heavy atom. The van der Waals surface area contributed by atoms with Crippen molar-refractivity contribution < 1.29 is 14.0 Å². The van der Waals surface area contributed by atoms with E-state index in [1.807, 2.05) is 12.1 Å². The minimum atomic E-state index is -0.488. The van der Waals surface area contributed by atoms with Crippen molar-refractivity contribution in [3.05, 3.63) is 100 Å². The highest BCUT2D eigenvalue weighted by molar-refractivity contribution is 8.00.